The second-order valence-electron chi connectivity index (χ2n) is 6.72. The normalized spacial score (nSPS) is 10.7. The van der Waals surface area contributed by atoms with E-state index in [1.807, 2.05) is 60.7 Å². The van der Waals surface area contributed by atoms with Gasteiger partial charge in [0.2, 0.25) is 0 Å². The SMILES string of the molecule is COC(=O)c1ccc(CSc2nnc(-c3ccccc3)n2Cc2ccccc2)cc1. The third-order valence-corrected chi connectivity index (χ3v) is 5.71. The Morgan fingerprint density at radius 1 is 0.867 bits per heavy atom. The molecule has 0 unspecified atom stereocenters. The zero-order valence-corrected chi connectivity index (χ0v) is 17.4. The van der Waals surface area contributed by atoms with E-state index in [1.54, 1.807) is 23.9 Å². The molecule has 1 heterocycles. The third-order valence-electron chi connectivity index (χ3n) is 4.68. The number of nitrogens with zero attached hydrogens (tertiary/aromatic N) is 3. The van der Waals surface area contributed by atoms with Crippen LogP contribution in [0.3, 0.4) is 0 Å². The van der Waals surface area contributed by atoms with Crippen molar-refractivity contribution in [2.75, 3.05) is 7.11 Å². The Hall–Kier alpha value is -3.38. The van der Waals surface area contributed by atoms with E-state index in [4.69, 9.17) is 4.74 Å². The van der Waals surface area contributed by atoms with Crippen molar-refractivity contribution in [3.05, 3.63) is 102 Å². The summed E-state index contributed by atoms with van der Waals surface area (Å²) in [6, 6.07) is 27.9. The standard InChI is InChI=1S/C24H21N3O2S/c1-29-23(28)21-14-12-19(13-15-21)17-30-24-26-25-22(20-10-6-3-7-11-20)27(24)16-18-8-4-2-5-9-18/h2-15H,16-17H2,1H3. The van der Waals surface area contributed by atoms with Crippen LogP contribution in [0, 0.1) is 0 Å². The summed E-state index contributed by atoms with van der Waals surface area (Å²) in [5.74, 6) is 1.25. The molecular weight excluding hydrogens is 394 g/mol. The number of aromatic nitrogens is 3. The highest BCUT2D eigenvalue weighted by molar-refractivity contribution is 7.98. The highest BCUT2D eigenvalue weighted by atomic mass is 32.2. The molecule has 1 aromatic heterocycles. The van der Waals surface area contributed by atoms with Gasteiger partial charge in [-0.1, -0.05) is 84.6 Å². The van der Waals surface area contributed by atoms with Crippen LogP contribution in [0.2, 0.25) is 0 Å². The quantitative estimate of drug-likeness (QED) is 0.311. The van der Waals surface area contributed by atoms with Gasteiger partial charge in [-0.2, -0.15) is 0 Å². The van der Waals surface area contributed by atoms with Crippen LogP contribution in [0.1, 0.15) is 21.5 Å². The molecule has 0 atom stereocenters. The van der Waals surface area contributed by atoms with E-state index in [-0.39, 0.29) is 5.97 Å². The second-order valence-corrected chi connectivity index (χ2v) is 7.66. The summed E-state index contributed by atoms with van der Waals surface area (Å²) >= 11 is 1.63. The first-order chi connectivity index (χ1) is 14.7. The van der Waals surface area contributed by atoms with Crippen LogP contribution in [-0.2, 0) is 17.0 Å². The zero-order chi connectivity index (χ0) is 20.8. The minimum atomic E-state index is -0.329. The van der Waals surface area contributed by atoms with Crippen molar-refractivity contribution in [2.45, 2.75) is 17.5 Å². The monoisotopic (exact) mass is 415 g/mol. The van der Waals surface area contributed by atoms with Crippen molar-refractivity contribution in [3.63, 3.8) is 0 Å². The largest absolute Gasteiger partial charge is 0.465 e. The van der Waals surface area contributed by atoms with E-state index >= 15 is 0 Å². The van der Waals surface area contributed by atoms with Crippen molar-refractivity contribution in [1.29, 1.82) is 0 Å². The van der Waals surface area contributed by atoms with Gasteiger partial charge < -0.3 is 4.74 Å². The number of ether oxygens (including phenoxy) is 1. The van der Waals surface area contributed by atoms with Gasteiger partial charge in [-0.15, -0.1) is 10.2 Å². The molecule has 3 aromatic carbocycles. The molecule has 0 radical (unpaired) electrons. The maximum atomic E-state index is 11.6. The topological polar surface area (TPSA) is 57.0 Å². The second kappa shape index (κ2) is 9.41. The van der Waals surface area contributed by atoms with Crippen LogP contribution >= 0.6 is 11.8 Å². The number of carbonyl (C=O) groups excluding carboxylic acids is 1. The molecule has 0 saturated carbocycles. The van der Waals surface area contributed by atoms with Crippen molar-refractivity contribution >= 4 is 17.7 Å². The highest BCUT2D eigenvalue weighted by Crippen LogP contribution is 2.27. The van der Waals surface area contributed by atoms with Gasteiger partial charge in [0.25, 0.3) is 0 Å². The van der Waals surface area contributed by atoms with E-state index in [0.29, 0.717) is 12.1 Å². The maximum Gasteiger partial charge on any atom is 0.337 e. The lowest BCUT2D eigenvalue weighted by Gasteiger charge is -2.11. The molecular formula is C24H21N3O2S. The Balaban J connectivity index is 1.58. The van der Waals surface area contributed by atoms with Crippen molar-refractivity contribution in [1.82, 2.24) is 14.8 Å². The first kappa shape index (κ1) is 19.9. The molecule has 0 saturated heterocycles. The number of carbonyl (C=O) groups is 1. The van der Waals surface area contributed by atoms with Gasteiger partial charge in [-0.25, -0.2) is 4.79 Å². The van der Waals surface area contributed by atoms with Gasteiger partial charge in [0.1, 0.15) is 0 Å². The number of hydrogen-bond donors (Lipinski definition) is 0. The van der Waals surface area contributed by atoms with Gasteiger partial charge in [0, 0.05) is 11.3 Å². The maximum absolute atomic E-state index is 11.6. The summed E-state index contributed by atoms with van der Waals surface area (Å²) in [6.07, 6.45) is 0. The predicted molar refractivity (Wildman–Crippen MR) is 118 cm³/mol. The Bertz CT molecular complexity index is 1110. The Morgan fingerprint density at radius 2 is 1.53 bits per heavy atom. The lowest BCUT2D eigenvalue weighted by molar-refractivity contribution is 0.0600. The molecule has 0 spiro atoms. The third kappa shape index (κ3) is 4.60. The van der Waals surface area contributed by atoms with Crippen molar-refractivity contribution in [2.24, 2.45) is 0 Å². The molecule has 0 aliphatic rings. The lowest BCUT2D eigenvalue weighted by atomic mass is 10.1. The van der Waals surface area contributed by atoms with E-state index in [2.05, 4.69) is 26.9 Å². The van der Waals surface area contributed by atoms with Gasteiger partial charge in [-0.3, -0.25) is 4.57 Å². The molecule has 0 aliphatic heterocycles. The average Bonchev–Trinajstić information content (AvgIpc) is 3.21. The van der Waals surface area contributed by atoms with Gasteiger partial charge in [0.15, 0.2) is 11.0 Å². The Morgan fingerprint density at radius 3 is 2.20 bits per heavy atom. The first-order valence-corrected chi connectivity index (χ1v) is 10.6. The number of esters is 1. The molecule has 0 bridgehead atoms. The first-order valence-electron chi connectivity index (χ1n) is 9.57. The summed E-state index contributed by atoms with van der Waals surface area (Å²) in [5.41, 5.74) is 3.88. The van der Waals surface area contributed by atoms with E-state index < -0.39 is 0 Å². The highest BCUT2D eigenvalue weighted by Gasteiger charge is 2.15. The average molecular weight is 416 g/mol. The molecule has 0 fully saturated rings. The van der Waals surface area contributed by atoms with Crippen molar-refractivity contribution < 1.29 is 9.53 Å². The predicted octanol–water partition coefficient (Wildman–Crippen LogP) is 5.07. The summed E-state index contributed by atoms with van der Waals surface area (Å²) < 4.78 is 6.91. The molecule has 6 heteroatoms. The molecule has 4 rings (SSSR count). The molecule has 5 nitrogen and oxygen atoms in total. The minimum Gasteiger partial charge on any atom is -0.465 e. The van der Waals surface area contributed by atoms with Crippen LogP contribution in [0.25, 0.3) is 11.4 Å². The van der Waals surface area contributed by atoms with Crippen LogP contribution in [0.4, 0.5) is 0 Å². The van der Waals surface area contributed by atoms with Gasteiger partial charge >= 0.3 is 5.97 Å². The fraction of sp³-hybridized carbons (Fsp3) is 0.125. The summed E-state index contributed by atoms with van der Waals surface area (Å²) in [5, 5.41) is 9.80. The van der Waals surface area contributed by atoms with Crippen LogP contribution in [0.5, 0.6) is 0 Å². The number of benzene rings is 3. The fourth-order valence-corrected chi connectivity index (χ4v) is 4.00. The van der Waals surface area contributed by atoms with E-state index in [0.717, 1.165) is 27.9 Å². The number of methoxy groups -OCH3 is 1. The summed E-state index contributed by atoms with van der Waals surface area (Å²) in [6.45, 7) is 0.696. The molecule has 4 aromatic rings. The molecule has 0 aliphatic carbocycles. The van der Waals surface area contributed by atoms with Crippen LogP contribution < -0.4 is 0 Å². The fourth-order valence-electron chi connectivity index (χ4n) is 3.11. The van der Waals surface area contributed by atoms with Gasteiger partial charge in [0.05, 0.1) is 19.2 Å². The van der Waals surface area contributed by atoms with E-state index in [1.165, 1.54) is 12.7 Å². The molecule has 0 N–H and O–H groups in total. The van der Waals surface area contributed by atoms with Crippen LogP contribution in [0.15, 0.2) is 90.1 Å². The summed E-state index contributed by atoms with van der Waals surface area (Å²) in [4.78, 5) is 11.6. The number of hydrogen-bond acceptors (Lipinski definition) is 5. The Labute approximate surface area is 179 Å². The number of thioether (sulfide) groups is 1. The minimum absolute atomic E-state index is 0.329. The smallest absolute Gasteiger partial charge is 0.337 e. The Kier molecular flexibility index (Phi) is 6.25. The van der Waals surface area contributed by atoms with Gasteiger partial charge in [-0.05, 0) is 23.3 Å². The zero-order valence-electron chi connectivity index (χ0n) is 16.6. The molecule has 150 valence electrons. The molecule has 0 amide bonds. The lowest BCUT2D eigenvalue weighted by Crippen LogP contribution is -2.04. The van der Waals surface area contributed by atoms with Crippen molar-refractivity contribution in [3.8, 4) is 11.4 Å². The van der Waals surface area contributed by atoms with Crippen LogP contribution in [-0.4, -0.2) is 27.8 Å². The summed E-state index contributed by atoms with van der Waals surface area (Å²) in [7, 11) is 1.38. The number of rotatable bonds is 7. The van der Waals surface area contributed by atoms with E-state index in [9.17, 15) is 4.79 Å². The molecule has 30 heavy (non-hydrogen) atoms.